The Bertz CT molecular complexity index is 1130. The smallest absolute Gasteiger partial charge is 0.306 e. The molecule has 16 heteroatoms. The van der Waals surface area contributed by atoms with Gasteiger partial charge in [0.05, 0.1) is 81.3 Å². The van der Waals surface area contributed by atoms with Crippen LogP contribution in [-0.2, 0) is 47.7 Å². The van der Waals surface area contributed by atoms with Crippen molar-refractivity contribution >= 4 is 35.7 Å². The topological polar surface area (TPSA) is 173 Å². The van der Waals surface area contributed by atoms with Gasteiger partial charge in [0.15, 0.2) is 0 Å². The van der Waals surface area contributed by atoms with E-state index in [9.17, 15) is 28.8 Å². The second-order valence-electron chi connectivity index (χ2n) is 17.7. The van der Waals surface area contributed by atoms with Gasteiger partial charge in [-0.05, 0) is 12.8 Å². The molecule has 0 aromatic rings. The summed E-state index contributed by atoms with van der Waals surface area (Å²) in [4.78, 5) is 79.1. The molecule has 0 heterocycles. The molecule has 0 atom stereocenters. The van der Waals surface area contributed by atoms with Crippen LogP contribution in [0.3, 0.4) is 0 Å². The van der Waals surface area contributed by atoms with E-state index in [-0.39, 0.29) is 74.2 Å². The van der Waals surface area contributed by atoms with E-state index < -0.39 is 0 Å². The third-order valence-electron chi connectivity index (χ3n) is 11.9. The Hall–Kier alpha value is -3.34. The minimum Gasteiger partial charge on any atom is -0.469 e. The quantitative estimate of drug-likeness (QED) is 0.0340. The van der Waals surface area contributed by atoms with Gasteiger partial charge in [-0.2, -0.15) is 0 Å². The highest BCUT2D eigenvalue weighted by Gasteiger charge is 2.19. The third kappa shape index (κ3) is 38.0. The maximum Gasteiger partial charge on any atom is 0.306 e. The second-order valence-corrected chi connectivity index (χ2v) is 17.7. The van der Waals surface area contributed by atoms with Crippen LogP contribution in [0.4, 0.5) is 0 Å². The van der Waals surface area contributed by atoms with E-state index in [1.807, 2.05) is 9.80 Å². The Labute approximate surface area is 388 Å². The van der Waals surface area contributed by atoms with Crippen LogP contribution in [0.2, 0.25) is 0 Å². The van der Waals surface area contributed by atoms with Crippen molar-refractivity contribution in [3.05, 3.63) is 0 Å². The summed E-state index contributed by atoms with van der Waals surface area (Å²) >= 11 is 0. The van der Waals surface area contributed by atoms with Gasteiger partial charge in [-0.3, -0.25) is 33.7 Å². The molecule has 2 N–H and O–H groups in total. The molecule has 0 saturated heterocycles. The first-order valence-electron chi connectivity index (χ1n) is 24.6. The first-order valence-corrected chi connectivity index (χ1v) is 24.6. The first-order chi connectivity index (χ1) is 30.8. The van der Waals surface area contributed by atoms with Gasteiger partial charge in [-0.15, -0.1) is 0 Å². The number of quaternary nitrogens is 1. The van der Waals surface area contributed by atoms with Gasteiger partial charge >= 0.3 is 23.9 Å². The number of esters is 4. The predicted molar refractivity (Wildman–Crippen MR) is 252 cm³/mol. The summed E-state index contributed by atoms with van der Waals surface area (Å²) < 4.78 is 19.9. The highest BCUT2D eigenvalue weighted by molar-refractivity contribution is 5.76. The summed E-state index contributed by atoms with van der Waals surface area (Å²) in [6, 6.07) is 0. The lowest BCUT2D eigenvalue weighted by molar-refractivity contribution is -0.890. The van der Waals surface area contributed by atoms with Crippen LogP contribution in [-0.4, -0.2) is 182 Å². The number of hydrogen-bond acceptors (Lipinski definition) is 13. The molecular formula is C48H93N6O10+. The average Bonchev–Trinajstić information content (AvgIpc) is 3.29. The lowest BCUT2D eigenvalue weighted by atomic mass is 10.0. The molecule has 0 aliphatic rings. The van der Waals surface area contributed by atoms with E-state index in [1.165, 1.54) is 131 Å². The number of nitrogens with one attached hydrogen (secondary N) is 2. The van der Waals surface area contributed by atoms with Crippen molar-refractivity contribution in [2.75, 3.05) is 128 Å². The van der Waals surface area contributed by atoms with Crippen LogP contribution in [0.15, 0.2) is 0 Å². The number of amides is 2. The molecule has 0 fully saturated rings. The summed E-state index contributed by atoms with van der Waals surface area (Å²) in [6.07, 6.45) is 22.7. The number of unbranched alkanes of at least 4 members (excludes halogenated alkanes) is 15. The number of nitrogens with zero attached hydrogens (tertiary/aromatic N) is 4. The summed E-state index contributed by atoms with van der Waals surface area (Å²) in [5.41, 5.74) is 0. The van der Waals surface area contributed by atoms with E-state index in [1.54, 1.807) is 0 Å². The fraction of sp³-hybridized carbons (Fsp3) is 0.875. The van der Waals surface area contributed by atoms with Gasteiger partial charge in [0.2, 0.25) is 11.8 Å². The molecule has 0 radical (unpaired) electrons. The molecule has 0 aromatic heterocycles. The van der Waals surface area contributed by atoms with Crippen LogP contribution in [0.1, 0.15) is 148 Å². The molecule has 0 aliphatic carbocycles. The molecule has 0 bridgehead atoms. The lowest BCUT2D eigenvalue weighted by Gasteiger charge is -2.33. The second kappa shape index (κ2) is 41.1. The van der Waals surface area contributed by atoms with Crippen molar-refractivity contribution in [2.45, 2.75) is 148 Å². The molecule has 374 valence electrons. The predicted octanol–water partition coefficient (Wildman–Crippen LogP) is 5.50. The first kappa shape index (κ1) is 60.7. The van der Waals surface area contributed by atoms with Crippen LogP contribution in [0, 0.1) is 0 Å². The molecule has 0 aromatic carbocycles. The average molecular weight is 914 g/mol. The maximum absolute atomic E-state index is 13.1. The molecule has 0 aliphatic heterocycles. The van der Waals surface area contributed by atoms with Crippen molar-refractivity contribution in [1.29, 1.82) is 0 Å². The van der Waals surface area contributed by atoms with Gasteiger partial charge < -0.3 is 43.9 Å². The zero-order chi connectivity index (χ0) is 47.7. The van der Waals surface area contributed by atoms with E-state index in [4.69, 9.17) is 18.9 Å². The molecule has 0 rings (SSSR count). The van der Waals surface area contributed by atoms with E-state index in [0.29, 0.717) is 65.4 Å². The minimum absolute atomic E-state index is 0.115. The zero-order valence-corrected chi connectivity index (χ0v) is 41.6. The molecular weight excluding hydrogens is 821 g/mol. The summed E-state index contributed by atoms with van der Waals surface area (Å²) in [6.45, 7) is 9.10. The summed E-state index contributed by atoms with van der Waals surface area (Å²) in [5, 5.41) is 5.95. The van der Waals surface area contributed by atoms with Crippen molar-refractivity contribution < 1.29 is 52.2 Å². The van der Waals surface area contributed by atoms with Crippen molar-refractivity contribution in [3.8, 4) is 0 Å². The number of ether oxygens (including phenoxy) is 4. The number of likely N-dealkylation sites (N-methyl/N-ethyl adjacent to an activating group) is 1. The Morgan fingerprint density at radius 2 is 0.656 bits per heavy atom. The Kier molecular flexibility index (Phi) is 39.0. The van der Waals surface area contributed by atoms with Crippen LogP contribution < -0.4 is 10.6 Å². The van der Waals surface area contributed by atoms with Gasteiger partial charge in [-0.25, -0.2) is 0 Å². The third-order valence-corrected chi connectivity index (χ3v) is 11.9. The fourth-order valence-corrected chi connectivity index (χ4v) is 7.43. The lowest BCUT2D eigenvalue weighted by Crippen LogP contribution is -2.47. The monoisotopic (exact) mass is 914 g/mol. The SMILES string of the molecule is CCCCCCCCCCCCCCCCCC[N+](C)(C)CCN(CCC(=O)NCCN(CCC(=O)OC)CCC(=O)OC)CCC(=O)NCCN(CCC(=O)OC)CCC(=O)OC. The van der Waals surface area contributed by atoms with Crippen LogP contribution in [0.5, 0.6) is 0 Å². The Morgan fingerprint density at radius 3 is 0.969 bits per heavy atom. The molecule has 0 spiro atoms. The summed E-state index contributed by atoms with van der Waals surface area (Å²) in [5.74, 6) is -1.61. The molecule has 2 amide bonds. The standard InChI is InChI=1S/C48H92N6O10/c1-8-9-10-11-12-13-14-15-16-17-18-19-20-21-22-23-41-54(2,3)42-40-53(32-24-43(55)49-30-38-51(34-26-45(57)61-4)35-27-46(58)62-5)33-25-44(56)50-31-39-52(36-28-47(59)63-6)37-29-48(60)64-7/h8-42H2,1-7H3,(H-,49,50,55,56)/p+1. The number of methoxy groups -OCH3 is 4. The normalized spacial score (nSPS) is 11.5. The Balaban J connectivity index is 5.06. The number of carbonyl (C=O) groups excluding carboxylic acids is 6. The van der Waals surface area contributed by atoms with Gasteiger partial charge in [0.1, 0.15) is 0 Å². The van der Waals surface area contributed by atoms with Crippen molar-refractivity contribution in [1.82, 2.24) is 25.3 Å². The van der Waals surface area contributed by atoms with Crippen LogP contribution in [0.25, 0.3) is 0 Å². The minimum atomic E-state index is -0.346. The fourth-order valence-electron chi connectivity index (χ4n) is 7.43. The van der Waals surface area contributed by atoms with Gasteiger partial charge in [0.25, 0.3) is 0 Å². The van der Waals surface area contributed by atoms with E-state index in [2.05, 4.69) is 36.6 Å². The molecule has 64 heavy (non-hydrogen) atoms. The van der Waals surface area contributed by atoms with E-state index >= 15 is 0 Å². The zero-order valence-electron chi connectivity index (χ0n) is 41.6. The van der Waals surface area contributed by atoms with Crippen molar-refractivity contribution in [2.24, 2.45) is 0 Å². The molecule has 16 nitrogen and oxygen atoms in total. The molecule has 0 saturated carbocycles. The highest BCUT2D eigenvalue weighted by Crippen LogP contribution is 2.14. The van der Waals surface area contributed by atoms with E-state index in [0.717, 1.165) is 24.1 Å². The largest absolute Gasteiger partial charge is 0.469 e. The molecule has 0 unspecified atom stereocenters. The Morgan fingerprint density at radius 1 is 0.375 bits per heavy atom. The van der Waals surface area contributed by atoms with Crippen molar-refractivity contribution in [3.63, 3.8) is 0 Å². The summed E-state index contributed by atoms with van der Waals surface area (Å²) in [7, 11) is 9.84. The number of carbonyl (C=O) groups is 6. The maximum atomic E-state index is 13.1. The van der Waals surface area contributed by atoms with Gasteiger partial charge in [0, 0.05) is 84.8 Å². The van der Waals surface area contributed by atoms with Gasteiger partial charge in [-0.1, -0.05) is 96.8 Å². The van der Waals surface area contributed by atoms with Crippen LogP contribution >= 0.6 is 0 Å². The highest BCUT2D eigenvalue weighted by atomic mass is 16.5. The number of hydrogen-bond donors (Lipinski definition) is 2. The number of rotatable bonds is 44.